The molecular formula is C16H14BF3N4O4. The third-order valence-electron chi connectivity index (χ3n) is 3.79. The minimum Gasteiger partial charge on any atom is -0.483 e. The van der Waals surface area contributed by atoms with E-state index >= 15 is 0 Å². The van der Waals surface area contributed by atoms with E-state index in [0.717, 1.165) is 12.3 Å². The summed E-state index contributed by atoms with van der Waals surface area (Å²) in [6.07, 6.45) is -3.76. The molecule has 0 unspecified atom stereocenters. The van der Waals surface area contributed by atoms with Crippen molar-refractivity contribution in [3.63, 3.8) is 0 Å². The van der Waals surface area contributed by atoms with Crippen LogP contribution >= 0.6 is 0 Å². The van der Waals surface area contributed by atoms with Crippen LogP contribution in [-0.2, 0) is 11.0 Å². The van der Waals surface area contributed by atoms with Crippen molar-refractivity contribution in [2.24, 2.45) is 0 Å². The zero-order valence-electron chi connectivity index (χ0n) is 14.3. The van der Waals surface area contributed by atoms with Gasteiger partial charge in [0.15, 0.2) is 5.82 Å². The van der Waals surface area contributed by atoms with Crippen LogP contribution in [-0.4, -0.2) is 43.9 Å². The Bertz CT molecular complexity index is 1020. The van der Waals surface area contributed by atoms with E-state index in [1.54, 1.807) is 25.1 Å². The number of carboxylic acid groups (broad SMARTS) is 1. The second kappa shape index (κ2) is 8.19. The fourth-order valence-corrected chi connectivity index (χ4v) is 2.56. The van der Waals surface area contributed by atoms with Crippen LogP contribution in [0.5, 0.6) is 0 Å². The molecule has 3 aromatic rings. The minimum atomic E-state index is -4.79. The van der Waals surface area contributed by atoms with E-state index in [4.69, 9.17) is 15.6 Å². The third-order valence-corrected chi connectivity index (χ3v) is 3.79. The van der Waals surface area contributed by atoms with Crippen molar-refractivity contribution in [1.82, 2.24) is 15.2 Å². The molecule has 0 saturated heterocycles. The number of nitrogen functional groups attached to an aromatic ring is 1. The second-order valence-corrected chi connectivity index (χ2v) is 5.57. The van der Waals surface area contributed by atoms with Crippen molar-refractivity contribution in [3.8, 4) is 11.1 Å². The molecule has 1 aromatic carbocycles. The van der Waals surface area contributed by atoms with Gasteiger partial charge in [-0.05, 0) is 30.2 Å². The summed E-state index contributed by atoms with van der Waals surface area (Å²) in [5, 5.41) is 34.5. The van der Waals surface area contributed by atoms with Crippen LogP contribution in [0, 0.1) is 6.92 Å². The first-order chi connectivity index (χ1) is 13.1. The van der Waals surface area contributed by atoms with Crippen LogP contribution in [0.4, 0.5) is 19.0 Å². The van der Waals surface area contributed by atoms with Crippen molar-refractivity contribution in [2.75, 3.05) is 5.73 Å². The molecule has 0 fully saturated rings. The molecule has 5 N–H and O–H groups in total. The number of fused-ring (bicyclic) bond motifs is 1. The van der Waals surface area contributed by atoms with Crippen molar-refractivity contribution in [1.29, 1.82) is 0 Å². The Morgan fingerprint density at radius 2 is 1.75 bits per heavy atom. The largest absolute Gasteiger partial charge is 0.490 e. The normalized spacial score (nSPS) is 10.9. The van der Waals surface area contributed by atoms with Gasteiger partial charge < -0.3 is 20.9 Å². The molecule has 0 aliphatic heterocycles. The van der Waals surface area contributed by atoms with Crippen LogP contribution in [0.25, 0.3) is 21.9 Å². The Balaban J connectivity index is 0.000000878. The molecule has 3 rings (SSSR count). The Hall–Kier alpha value is -3.25. The van der Waals surface area contributed by atoms with Crippen LogP contribution in [0.1, 0.15) is 11.4 Å². The molecule has 2 heterocycles. The summed E-state index contributed by atoms with van der Waals surface area (Å²) in [6, 6.07) is 6.05. The first kappa shape index (κ1) is 21.1. The van der Waals surface area contributed by atoms with E-state index in [9.17, 15) is 23.2 Å². The van der Waals surface area contributed by atoms with Crippen LogP contribution in [0.2, 0.25) is 0 Å². The van der Waals surface area contributed by atoms with Crippen LogP contribution in [0.15, 0.2) is 30.5 Å². The first-order valence-corrected chi connectivity index (χ1v) is 7.64. The predicted molar refractivity (Wildman–Crippen MR) is 95.4 cm³/mol. The highest BCUT2D eigenvalue weighted by molar-refractivity contribution is 6.59. The first-order valence-electron chi connectivity index (χ1n) is 7.64. The Kier molecular flexibility index (Phi) is 6.16. The Labute approximate surface area is 156 Å². The van der Waals surface area contributed by atoms with E-state index in [-0.39, 0.29) is 12.3 Å². The van der Waals surface area contributed by atoms with E-state index in [2.05, 4.69) is 15.2 Å². The maximum Gasteiger partial charge on any atom is 0.490 e. The maximum atomic E-state index is 12.9. The number of pyridine rings is 1. The third kappa shape index (κ3) is 4.35. The van der Waals surface area contributed by atoms with Crippen molar-refractivity contribution < 1.29 is 33.1 Å². The smallest absolute Gasteiger partial charge is 0.483 e. The minimum absolute atomic E-state index is 0.240. The molecule has 2 aromatic heterocycles. The number of alkyl halides is 3. The second-order valence-electron chi connectivity index (χ2n) is 5.57. The summed E-state index contributed by atoms with van der Waals surface area (Å²) in [5.41, 5.74) is 5.16. The average Bonchev–Trinajstić information content (AvgIpc) is 2.64. The number of rotatable bonds is 2. The van der Waals surface area contributed by atoms with Gasteiger partial charge in [-0.15, -0.1) is 5.10 Å². The number of carbonyl (C=O) groups is 1. The summed E-state index contributed by atoms with van der Waals surface area (Å²) in [6.45, 7) is 1.48. The number of anilines is 1. The topological polar surface area (TPSA) is 142 Å². The molecule has 0 saturated carbocycles. The zero-order valence-corrected chi connectivity index (χ0v) is 14.3. The summed E-state index contributed by atoms with van der Waals surface area (Å²) in [5.74, 6) is 0.240. The van der Waals surface area contributed by atoms with Crippen LogP contribution < -0.4 is 11.2 Å². The highest BCUT2D eigenvalue weighted by Crippen LogP contribution is 2.30. The van der Waals surface area contributed by atoms with Crippen molar-refractivity contribution in [2.45, 2.75) is 13.1 Å². The lowest BCUT2D eigenvalue weighted by Crippen LogP contribution is -2.37. The van der Waals surface area contributed by atoms with Crippen molar-refractivity contribution in [3.05, 3.63) is 41.9 Å². The molecule has 146 valence electrons. The molecule has 12 heteroatoms. The maximum absolute atomic E-state index is 12.9. The van der Waals surface area contributed by atoms with Gasteiger partial charge in [-0.1, -0.05) is 12.1 Å². The molecule has 0 amide bonds. The fourth-order valence-electron chi connectivity index (χ4n) is 2.56. The number of aryl methyl sites for hydroxylation is 1. The van der Waals surface area contributed by atoms with Gasteiger partial charge in [0.25, 0.3) is 6.47 Å². The molecule has 0 aliphatic rings. The number of nitrogens with zero attached hydrogens (tertiary/aromatic N) is 3. The SMILES string of the molecule is Cc1nnc(N)c2ccc(-c3cnc(C(F)(F)F)c(B(O)O)c3)cc12.O=CO. The lowest BCUT2D eigenvalue weighted by molar-refractivity contribution is -0.140. The number of halogens is 3. The van der Waals surface area contributed by atoms with Gasteiger partial charge in [0, 0.05) is 22.4 Å². The van der Waals surface area contributed by atoms with E-state index in [0.29, 0.717) is 27.6 Å². The number of hydrogen-bond acceptors (Lipinski definition) is 7. The standard InChI is InChI=1S/C15H12BF3N4O2.CH2O2/c1-7-11-4-8(2-3-10(11)14(20)23-22-7)9-5-12(16(24)25)13(21-6-9)15(17,18)19;2-1-3/h2-6,24-25H,1H3,(H2,20,23);1H,(H,2,3). The summed E-state index contributed by atoms with van der Waals surface area (Å²) in [7, 11) is -2.30. The van der Waals surface area contributed by atoms with Gasteiger partial charge in [0.1, 0.15) is 5.69 Å². The van der Waals surface area contributed by atoms with Gasteiger partial charge >= 0.3 is 13.3 Å². The lowest BCUT2D eigenvalue weighted by atomic mass is 9.77. The van der Waals surface area contributed by atoms with Gasteiger partial charge in [0.05, 0.1) is 5.69 Å². The van der Waals surface area contributed by atoms with Gasteiger partial charge in [0.2, 0.25) is 0 Å². The van der Waals surface area contributed by atoms with E-state index < -0.39 is 24.5 Å². The summed E-state index contributed by atoms with van der Waals surface area (Å²) < 4.78 is 38.8. The van der Waals surface area contributed by atoms with E-state index in [1.807, 2.05) is 0 Å². The highest BCUT2D eigenvalue weighted by atomic mass is 19.4. The molecule has 0 spiro atoms. The highest BCUT2D eigenvalue weighted by Gasteiger charge is 2.38. The van der Waals surface area contributed by atoms with E-state index in [1.165, 1.54) is 0 Å². The molecule has 28 heavy (non-hydrogen) atoms. The molecule has 8 nitrogen and oxygen atoms in total. The molecular weight excluding hydrogens is 380 g/mol. The Morgan fingerprint density at radius 1 is 1.11 bits per heavy atom. The number of nitrogens with two attached hydrogens (primary N) is 1. The molecule has 0 radical (unpaired) electrons. The van der Waals surface area contributed by atoms with Gasteiger partial charge in [-0.25, -0.2) is 0 Å². The van der Waals surface area contributed by atoms with Gasteiger partial charge in [-0.2, -0.15) is 18.3 Å². The summed E-state index contributed by atoms with van der Waals surface area (Å²) >= 11 is 0. The summed E-state index contributed by atoms with van der Waals surface area (Å²) in [4.78, 5) is 11.7. The van der Waals surface area contributed by atoms with Crippen LogP contribution in [0.3, 0.4) is 0 Å². The van der Waals surface area contributed by atoms with Crippen molar-refractivity contribution >= 4 is 35.6 Å². The zero-order chi connectivity index (χ0) is 21.1. The number of benzene rings is 1. The quantitative estimate of drug-likeness (QED) is 0.372. The lowest BCUT2D eigenvalue weighted by Gasteiger charge is -2.13. The average molecular weight is 394 g/mol. The monoisotopic (exact) mass is 394 g/mol. The fraction of sp³-hybridized carbons (Fsp3) is 0.125. The predicted octanol–water partition coefficient (Wildman–Crippen LogP) is 0.982. The van der Waals surface area contributed by atoms with Gasteiger partial charge in [-0.3, -0.25) is 9.78 Å². The Morgan fingerprint density at radius 3 is 2.32 bits per heavy atom. The number of aromatic nitrogens is 3. The number of hydrogen-bond donors (Lipinski definition) is 4. The molecule has 0 aliphatic carbocycles. The molecule has 0 bridgehead atoms. The molecule has 0 atom stereocenters.